The molecule has 1 unspecified atom stereocenters. The first-order valence-corrected chi connectivity index (χ1v) is 4.42. The van der Waals surface area contributed by atoms with Crippen LogP contribution in [0.25, 0.3) is 0 Å². The zero-order valence-corrected chi connectivity index (χ0v) is 7.79. The first-order valence-electron chi connectivity index (χ1n) is 4.42. The summed E-state index contributed by atoms with van der Waals surface area (Å²) >= 11 is 0. The second kappa shape index (κ2) is 3.24. The summed E-state index contributed by atoms with van der Waals surface area (Å²) in [5.74, 6) is -0.291. The van der Waals surface area contributed by atoms with Crippen LogP contribution in [-0.4, -0.2) is 43.9 Å². The van der Waals surface area contributed by atoms with Crippen molar-refractivity contribution in [3.05, 3.63) is 0 Å². The maximum atomic E-state index is 10.9. The molecular weight excluding hydrogens is 186 g/mol. The van der Waals surface area contributed by atoms with Crippen molar-refractivity contribution >= 4 is 11.9 Å². The van der Waals surface area contributed by atoms with Crippen molar-refractivity contribution in [3.63, 3.8) is 0 Å². The average Bonchev–Trinajstić information content (AvgIpc) is 2.70. The van der Waals surface area contributed by atoms with Crippen molar-refractivity contribution in [2.75, 3.05) is 11.4 Å². The van der Waals surface area contributed by atoms with Gasteiger partial charge in [-0.2, -0.15) is 0 Å². The van der Waals surface area contributed by atoms with Gasteiger partial charge in [0, 0.05) is 13.6 Å². The number of aryl methyl sites for hydroxylation is 1. The molecule has 1 aliphatic heterocycles. The zero-order valence-electron chi connectivity index (χ0n) is 7.79. The molecule has 0 radical (unpaired) electrons. The summed E-state index contributed by atoms with van der Waals surface area (Å²) < 4.78 is 1.49. The van der Waals surface area contributed by atoms with Gasteiger partial charge in [-0.25, -0.2) is 9.48 Å². The van der Waals surface area contributed by atoms with Crippen molar-refractivity contribution in [2.24, 2.45) is 7.05 Å². The first kappa shape index (κ1) is 8.92. The summed E-state index contributed by atoms with van der Waals surface area (Å²) in [6.07, 6.45) is 1.52. The van der Waals surface area contributed by atoms with Crippen LogP contribution in [0.5, 0.6) is 0 Å². The monoisotopic (exact) mass is 197 g/mol. The minimum absolute atomic E-state index is 0.486. The molecule has 1 aromatic rings. The summed E-state index contributed by atoms with van der Waals surface area (Å²) in [6.45, 7) is 0.700. The lowest BCUT2D eigenvalue weighted by molar-refractivity contribution is -0.138. The Kier molecular flexibility index (Phi) is 2.06. The molecule has 2 rings (SSSR count). The molecule has 1 aromatic heterocycles. The van der Waals surface area contributed by atoms with Gasteiger partial charge in [-0.15, -0.1) is 0 Å². The fourth-order valence-electron chi connectivity index (χ4n) is 1.73. The Morgan fingerprint density at radius 2 is 2.43 bits per heavy atom. The molecule has 2 heterocycles. The van der Waals surface area contributed by atoms with Gasteiger partial charge < -0.3 is 10.0 Å². The van der Waals surface area contributed by atoms with Gasteiger partial charge in [0.15, 0.2) is 0 Å². The highest BCUT2D eigenvalue weighted by molar-refractivity contribution is 5.77. The van der Waals surface area contributed by atoms with Crippen LogP contribution in [0, 0.1) is 0 Å². The third kappa shape index (κ3) is 1.30. The van der Waals surface area contributed by atoms with Crippen LogP contribution in [0.2, 0.25) is 0 Å². The predicted octanol–water partition coefficient (Wildman–Crippen LogP) is -0.737. The van der Waals surface area contributed by atoms with Gasteiger partial charge in [-0.1, -0.05) is 5.10 Å². The van der Waals surface area contributed by atoms with Crippen LogP contribution in [0.1, 0.15) is 12.8 Å². The Labute approximate surface area is 80.3 Å². The van der Waals surface area contributed by atoms with Crippen LogP contribution in [0.15, 0.2) is 0 Å². The summed E-state index contributed by atoms with van der Waals surface area (Å²) in [4.78, 5) is 12.6. The average molecular weight is 197 g/mol. The first-order chi connectivity index (χ1) is 6.70. The number of carboxylic acid groups (broad SMARTS) is 1. The molecule has 1 atom stereocenters. The van der Waals surface area contributed by atoms with E-state index in [-0.39, 0.29) is 0 Å². The number of carbonyl (C=O) groups is 1. The SMILES string of the molecule is Cn1nnnc1N1CCCC1C(=O)O. The molecule has 0 spiro atoms. The zero-order chi connectivity index (χ0) is 10.1. The number of anilines is 1. The molecule has 14 heavy (non-hydrogen) atoms. The van der Waals surface area contributed by atoms with E-state index in [1.54, 1.807) is 11.9 Å². The molecule has 76 valence electrons. The molecular formula is C7H11N5O2. The lowest BCUT2D eigenvalue weighted by Gasteiger charge is -2.20. The van der Waals surface area contributed by atoms with Crippen LogP contribution in [0.4, 0.5) is 5.95 Å². The molecule has 1 saturated heterocycles. The number of rotatable bonds is 2. The van der Waals surface area contributed by atoms with Crippen LogP contribution < -0.4 is 4.90 Å². The molecule has 1 aliphatic rings. The number of hydrogen-bond donors (Lipinski definition) is 1. The molecule has 1 N–H and O–H groups in total. The van der Waals surface area contributed by atoms with Gasteiger partial charge in [-0.05, 0) is 23.3 Å². The third-order valence-corrected chi connectivity index (χ3v) is 2.39. The Hall–Kier alpha value is -1.66. The topological polar surface area (TPSA) is 84.1 Å². The van der Waals surface area contributed by atoms with E-state index in [9.17, 15) is 4.79 Å². The molecule has 0 amide bonds. The summed E-state index contributed by atoms with van der Waals surface area (Å²) in [5, 5.41) is 19.9. The third-order valence-electron chi connectivity index (χ3n) is 2.39. The maximum absolute atomic E-state index is 10.9. The molecule has 7 heteroatoms. The fraction of sp³-hybridized carbons (Fsp3) is 0.714. The van der Waals surface area contributed by atoms with E-state index in [1.165, 1.54) is 4.68 Å². The van der Waals surface area contributed by atoms with E-state index in [0.29, 0.717) is 18.9 Å². The van der Waals surface area contributed by atoms with E-state index >= 15 is 0 Å². The predicted molar refractivity (Wildman–Crippen MR) is 46.8 cm³/mol. The lowest BCUT2D eigenvalue weighted by atomic mass is 10.2. The minimum atomic E-state index is -0.814. The van der Waals surface area contributed by atoms with Crippen LogP contribution in [0.3, 0.4) is 0 Å². The van der Waals surface area contributed by atoms with Crippen molar-refractivity contribution in [2.45, 2.75) is 18.9 Å². The maximum Gasteiger partial charge on any atom is 0.326 e. The smallest absolute Gasteiger partial charge is 0.326 e. The highest BCUT2D eigenvalue weighted by atomic mass is 16.4. The van der Waals surface area contributed by atoms with Crippen molar-refractivity contribution < 1.29 is 9.90 Å². The van der Waals surface area contributed by atoms with Gasteiger partial charge in [0.25, 0.3) is 0 Å². The van der Waals surface area contributed by atoms with Crippen LogP contribution in [-0.2, 0) is 11.8 Å². The standard InChI is InChI=1S/C7H11N5O2/c1-11-7(8-9-10-11)12-4-2-3-5(12)6(13)14/h5H,2-4H2,1H3,(H,13,14). The molecule has 1 fully saturated rings. The van der Waals surface area contributed by atoms with Crippen LogP contribution >= 0.6 is 0 Å². The largest absolute Gasteiger partial charge is 0.480 e. The number of hydrogen-bond acceptors (Lipinski definition) is 5. The summed E-state index contributed by atoms with van der Waals surface area (Å²) in [7, 11) is 1.70. The Bertz CT molecular complexity index is 350. The Morgan fingerprint density at radius 1 is 1.64 bits per heavy atom. The highest BCUT2D eigenvalue weighted by Gasteiger charge is 2.33. The van der Waals surface area contributed by atoms with Gasteiger partial charge in [0.2, 0.25) is 5.95 Å². The molecule has 0 aliphatic carbocycles. The Balaban J connectivity index is 2.26. The van der Waals surface area contributed by atoms with E-state index < -0.39 is 12.0 Å². The minimum Gasteiger partial charge on any atom is -0.480 e. The van der Waals surface area contributed by atoms with E-state index in [4.69, 9.17) is 5.11 Å². The molecule has 0 aromatic carbocycles. The molecule has 0 bridgehead atoms. The summed E-state index contributed by atoms with van der Waals surface area (Å²) in [6, 6.07) is -0.486. The fourth-order valence-corrected chi connectivity index (χ4v) is 1.73. The second-order valence-electron chi connectivity index (χ2n) is 3.29. The number of aliphatic carboxylic acids is 1. The number of tetrazole rings is 1. The Morgan fingerprint density at radius 3 is 3.00 bits per heavy atom. The van der Waals surface area contributed by atoms with Crippen molar-refractivity contribution in [1.29, 1.82) is 0 Å². The van der Waals surface area contributed by atoms with Gasteiger partial charge in [0.05, 0.1) is 0 Å². The van der Waals surface area contributed by atoms with Gasteiger partial charge in [0.1, 0.15) is 6.04 Å². The normalized spacial score (nSPS) is 21.5. The number of aromatic nitrogens is 4. The van der Waals surface area contributed by atoms with E-state index in [2.05, 4.69) is 15.5 Å². The lowest BCUT2D eigenvalue weighted by Crippen LogP contribution is -2.37. The summed E-state index contributed by atoms with van der Waals surface area (Å²) in [5.41, 5.74) is 0. The molecule has 0 saturated carbocycles. The van der Waals surface area contributed by atoms with E-state index in [1.807, 2.05) is 0 Å². The number of carboxylic acids is 1. The van der Waals surface area contributed by atoms with E-state index in [0.717, 1.165) is 6.42 Å². The number of nitrogens with zero attached hydrogens (tertiary/aromatic N) is 5. The van der Waals surface area contributed by atoms with Gasteiger partial charge in [-0.3, -0.25) is 0 Å². The van der Waals surface area contributed by atoms with Crippen molar-refractivity contribution in [3.8, 4) is 0 Å². The van der Waals surface area contributed by atoms with Gasteiger partial charge >= 0.3 is 5.97 Å². The quantitative estimate of drug-likeness (QED) is 0.672. The second-order valence-corrected chi connectivity index (χ2v) is 3.29. The molecule has 7 nitrogen and oxygen atoms in total. The highest BCUT2D eigenvalue weighted by Crippen LogP contribution is 2.22. The van der Waals surface area contributed by atoms with Crippen molar-refractivity contribution in [1.82, 2.24) is 20.2 Å².